The van der Waals surface area contributed by atoms with Gasteiger partial charge in [0.2, 0.25) is 0 Å². The SMILES string of the molecule is CCNC(CCCOCC)c1ccc(Cl)cc1F. The molecule has 0 amide bonds. The fourth-order valence-corrected chi connectivity index (χ4v) is 2.09. The predicted molar refractivity (Wildman–Crippen MR) is 73.6 cm³/mol. The van der Waals surface area contributed by atoms with Gasteiger partial charge in [0.1, 0.15) is 5.82 Å². The molecule has 0 bridgehead atoms. The summed E-state index contributed by atoms with van der Waals surface area (Å²) in [5.41, 5.74) is 0.678. The molecule has 0 saturated heterocycles. The van der Waals surface area contributed by atoms with Crippen molar-refractivity contribution in [1.29, 1.82) is 0 Å². The third-order valence-corrected chi connectivity index (χ3v) is 3.01. The first-order valence-corrected chi connectivity index (χ1v) is 6.82. The van der Waals surface area contributed by atoms with Crippen LogP contribution in [-0.2, 0) is 4.74 Å². The van der Waals surface area contributed by atoms with E-state index in [1.54, 1.807) is 12.1 Å². The zero-order valence-corrected chi connectivity index (χ0v) is 11.8. The average Bonchev–Trinajstić information content (AvgIpc) is 2.34. The van der Waals surface area contributed by atoms with Gasteiger partial charge in [-0.05, 0) is 38.4 Å². The van der Waals surface area contributed by atoms with Gasteiger partial charge in [0, 0.05) is 29.8 Å². The molecule has 0 saturated carbocycles. The lowest BCUT2D eigenvalue weighted by Crippen LogP contribution is -2.22. The minimum Gasteiger partial charge on any atom is -0.382 e. The maximum atomic E-state index is 13.8. The Morgan fingerprint density at radius 1 is 1.39 bits per heavy atom. The van der Waals surface area contributed by atoms with E-state index in [0.29, 0.717) is 17.2 Å². The summed E-state index contributed by atoms with van der Waals surface area (Å²) in [5, 5.41) is 3.73. The zero-order valence-electron chi connectivity index (χ0n) is 11.0. The van der Waals surface area contributed by atoms with Gasteiger partial charge in [-0.2, -0.15) is 0 Å². The van der Waals surface area contributed by atoms with Crippen LogP contribution >= 0.6 is 11.6 Å². The largest absolute Gasteiger partial charge is 0.382 e. The Kier molecular flexibility index (Phi) is 7.25. The van der Waals surface area contributed by atoms with Gasteiger partial charge in [-0.25, -0.2) is 4.39 Å². The minimum atomic E-state index is -0.246. The number of rotatable bonds is 8. The van der Waals surface area contributed by atoms with Gasteiger partial charge >= 0.3 is 0 Å². The lowest BCUT2D eigenvalue weighted by atomic mass is 10.0. The van der Waals surface area contributed by atoms with Crippen LogP contribution in [0.5, 0.6) is 0 Å². The summed E-state index contributed by atoms with van der Waals surface area (Å²) in [6.45, 7) is 6.24. The van der Waals surface area contributed by atoms with Crippen molar-refractivity contribution in [3.8, 4) is 0 Å². The zero-order chi connectivity index (χ0) is 13.4. The van der Waals surface area contributed by atoms with E-state index in [9.17, 15) is 4.39 Å². The molecule has 0 aromatic heterocycles. The normalized spacial score (nSPS) is 12.7. The Labute approximate surface area is 113 Å². The van der Waals surface area contributed by atoms with Crippen LogP contribution in [0.25, 0.3) is 0 Å². The molecular formula is C14H21ClFNO. The second-order valence-electron chi connectivity index (χ2n) is 4.12. The molecule has 102 valence electrons. The molecule has 4 heteroatoms. The van der Waals surface area contributed by atoms with Crippen LogP contribution in [-0.4, -0.2) is 19.8 Å². The summed E-state index contributed by atoms with van der Waals surface area (Å²) in [7, 11) is 0. The Hall–Kier alpha value is -0.640. The second kappa shape index (κ2) is 8.46. The molecule has 1 aromatic carbocycles. The van der Waals surface area contributed by atoms with Crippen molar-refractivity contribution in [1.82, 2.24) is 5.32 Å². The van der Waals surface area contributed by atoms with Gasteiger partial charge in [0.25, 0.3) is 0 Å². The summed E-state index contributed by atoms with van der Waals surface area (Å²) >= 11 is 5.76. The van der Waals surface area contributed by atoms with E-state index < -0.39 is 0 Å². The molecule has 0 heterocycles. The average molecular weight is 274 g/mol. The first-order chi connectivity index (χ1) is 8.69. The van der Waals surface area contributed by atoms with Gasteiger partial charge in [-0.15, -0.1) is 0 Å². The van der Waals surface area contributed by atoms with Crippen LogP contribution in [0.1, 0.15) is 38.3 Å². The highest BCUT2D eigenvalue weighted by Gasteiger charge is 2.14. The highest BCUT2D eigenvalue weighted by molar-refractivity contribution is 6.30. The summed E-state index contributed by atoms with van der Waals surface area (Å²) in [6.07, 6.45) is 1.76. The van der Waals surface area contributed by atoms with Crippen LogP contribution < -0.4 is 5.32 Å². The van der Waals surface area contributed by atoms with E-state index in [1.165, 1.54) is 6.07 Å². The van der Waals surface area contributed by atoms with E-state index in [-0.39, 0.29) is 11.9 Å². The van der Waals surface area contributed by atoms with E-state index in [4.69, 9.17) is 16.3 Å². The molecule has 0 spiro atoms. The van der Waals surface area contributed by atoms with Crippen LogP contribution in [0.2, 0.25) is 5.02 Å². The monoisotopic (exact) mass is 273 g/mol. The Bertz CT molecular complexity index is 360. The number of hydrogen-bond acceptors (Lipinski definition) is 2. The number of halogens is 2. The van der Waals surface area contributed by atoms with Crippen molar-refractivity contribution in [2.75, 3.05) is 19.8 Å². The Morgan fingerprint density at radius 3 is 2.78 bits per heavy atom. The van der Waals surface area contributed by atoms with Crippen molar-refractivity contribution in [3.63, 3.8) is 0 Å². The molecule has 0 aliphatic rings. The molecular weight excluding hydrogens is 253 g/mol. The molecule has 0 radical (unpaired) electrons. The van der Waals surface area contributed by atoms with E-state index >= 15 is 0 Å². The van der Waals surface area contributed by atoms with Crippen LogP contribution in [0.4, 0.5) is 4.39 Å². The van der Waals surface area contributed by atoms with Crippen molar-refractivity contribution < 1.29 is 9.13 Å². The van der Waals surface area contributed by atoms with E-state index in [2.05, 4.69) is 5.32 Å². The molecule has 1 rings (SSSR count). The maximum absolute atomic E-state index is 13.8. The predicted octanol–water partition coefficient (Wildman–Crippen LogP) is 3.95. The Morgan fingerprint density at radius 2 is 2.17 bits per heavy atom. The molecule has 0 fully saturated rings. The lowest BCUT2D eigenvalue weighted by molar-refractivity contribution is 0.140. The molecule has 1 N–H and O–H groups in total. The highest BCUT2D eigenvalue weighted by atomic mass is 35.5. The summed E-state index contributed by atoms with van der Waals surface area (Å²) in [5.74, 6) is -0.246. The summed E-state index contributed by atoms with van der Waals surface area (Å²) in [4.78, 5) is 0. The first kappa shape index (κ1) is 15.4. The smallest absolute Gasteiger partial charge is 0.129 e. The van der Waals surface area contributed by atoms with Gasteiger partial charge in [0.15, 0.2) is 0 Å². The number of benzene rings is 1. The van der Waals surface area contributed by atoms with Crippen molar-refractivity contribution >= 4 is 11.6 Å². The standard InChI is InChI=1S/C14H21ClFNO/c1-3-17-14(6-5-9-18-4-2)12-8-7-11(15)10-13(12)16/h7-8,10,14,17H,3-6,9H2,1-2H3. The molecule has 1 atom stereocenters. The third kappa shape index (κ3) is 4.92. The van der Waals surface area contributed by atoms with Crippen LogP contribution in [0, 0.1) is 5.82 Å². The molecule has 18 heavy (non-hydrogen) atoms. The molecule has 0 aliphatic carbocycles. The summed E-state index contributed by atoms with van der Waals surface area (Å²) in [6, 6.07) is 4.87. The quantitative estimate of drug-likeness (QED) is 0.724. The fourth-order valence-electron chi connectivity index (χ4n) is 1.93. The third-order valence-electron chi connectivity index (χ3n) is 2.77. The highest BCUT2D eigenvalue weighted by Crippen LogP contribution is 2.24. The maximum Gasteiger partial charge on any atom is 0.129 e. The number of hydrogen-bond donors (Lipinski definition) is 1. The van der Waals surface area contributed by atoms with E-state index in [0.717, 1.165) is 26.0 Å². The van der Waals surface area contributed by atoms with Crippen molar-refractivity contribution in [2.24, 2.45) is 0 Å². The molecule has 1 unspecified atom stereocenters. The lowest BCUT2D eigenvalue weighted by Gasteiger charge is -2.19. The first-order valence-electron chi connectivity index (χ1n) is 6.45. The van der Waals surface area contributed by atoms with Gasteiger partial charge in [-0.3, -0.25) is 0 Å². The van der Waals surface area contributed by atoms with Gasteiger partial charge in [-0.1, -0.05) is 24.6 Å². The topological polar surface area (TPSA) is 21.3 Å². The van der Waals surface area contributed by atoms with Crippen LogP contribution in [0.3, 0.4) is 0 Å². The van der Waals surface area contributed by atoms with Gasteiger partial charge < -0.3 is 10.1 Å². The fraction of sp³-hybridized carbons (Fsp3) is 0.571. The summed E-state index contributed by atoms with van der Waals surface area (Å²) < 4.78 is 19.1. The van der Waals surface area contributed by atoms with Crippen molar-refractivity contribution in [2.45, 2.75) is 32.7 Å². The minimum absolute atomic E-state index is 0.0210. The number of ether oxygens (including phenoxy) is 1. The molecule has 0 aliphatic heterocycles. The Balaban J connectivity index is 2.64. The molecule has 2 nitrogen and oxygen atoms in total. The second-order valence-corrected chi connectivity index (χ2v) is 4.55. The van der Waals surface area contributed by atoms with Crippen molar-refractivity contribution in [3.05, 3.63) is 34.6 Å². The van der Waals surface area contributed by atoms with E-state index in [1.807, 2.05) is 13.8 Å². The van der Waals surface area contributed by atoms with Crippen LogP contribution in [0.15, 0.2) is 18.2 Å². The number of nitrogens with one attached hydrogen (secondary N) is 1. The van der Waals surface area contributed by atoms with Gasteiger partial charge in [0.05, 0.1) is 0 Å². The molecule has 1 aromatic rings.